The molecule has 0 aliphatic heterocycles. The first-order valence-electron chi connectivity index (χ1n) is 6.64. The molecular weight excluding hydrogens is 242 g/mol. The van der Waals surface area contributed by atoms with E-state index < -0.39 is 0 Å². The Labute approximate surface area is 114 Å². The minimum Gasteiger partial charge on any atom is -0.298 e. The number of aromatic nitrogens is 1. The molecule has 2 rings (SSSR count). The molecule has 1 fully saturated rings. The molecule has 0 spiro atoms. The Balaban J connectivity index is 1.93. The molecule has 0 bridgehead atoms. The molecule has 2 nitrogen and oxygen atoms in total. The van der Waals surface area contributed by atoms with Gasteiger partial charge in [0.15, 0.2) is 0 Å². The molecule has 0 aromatic carbocycles. The Morgan fingerprint density at radius 2 is 2.17 bits per heavy atom. The maximum absolute atomic E-state index is 12.1. The lowest BCUT2D eigenvalue weighted by atomic mass is 9.86. The number of carbonyl (C=O) groups excluding carboxylic acids is 1. The SMILES string of the molecule is CCC(C)(C)C(=O)CSc1cncc(C2CC2)c1. The standard InChI is InChI=1S/C15H21NOS/c1-4-15(2,3)14(17)10-18-13-7-12(8-16-9-13)11-5-6-11/h7-9,11H,4-6,10H2,1-3H3. The molecule has 18 heavy (non-hydrogen) atoms. The molecule has 3 heteroatoms. The zero-order valence-electron chi connectivity index (χ0n) is 11.4. The molecule has 0 unspecified atom stereocenters. The van der Waals surface area contributed by atoms with Crippen molar-refractivity contribution in [3.63, 3.8) is 0 Å². The summed E-state index contributed by atoms with van der Waals surface area (Å²) in [5.74, 6) is 1.60. The van der Waals surface area contributed by atoms with Crippen molar-refractivity contribution in [2.75, 3.05) is 5.75 Å². The van der Waals surface area contributed by atoms with Gasteiger partial charge in [0.05, 0.1) is 5.75 Å². The van der Waals surface area contributed by atoms with E-state index >= 15 is 0 Å². The highest BCUT2D eigenvalue weighted by Crippen LogP contribution is 2.40. The monoisotopic (exact) mass is 263 g/mol. The lowest BCUT2D eigenvalue weighted by Gasteiger charge is -2.20. The van der Waals surface area contributed by atoms with Gasteiger partial charge in [-0.05, 0) is 36.8 Å². The van der Waals surface area contributed by atoms with Crippen molar-refractivity contribution in [1.29, 1.82) is 0 Å². The number of carbonyl (C=O) groups is 1. The zero-order valence-corrected chi connectivity index (χ0v) is 12.2. The lowest BCUT2D eigenvalue weighted by Crippen LogP contribution is -2.24. The van der Waals surface area contributed by atoms with Crippen LogP contribution in [0.5, 0.6) is 0 Å². The van der Waals surface area contributed by atoms with Crippen LogP contribution >= 0.6 is 11.8 Å². The van der Waals surface area contributed by atoms with E-state index in [-0.39, 0.29) is 5.41 Å². The maximum atomic E-state index is 12.1. The average molecular weight is 263 g/mol. The average Bonchev–Trinajstić information content (AvgIpc) is 3.20. The Hall–Kier alpha value is -0.830. The number of nitrogens with zero attached hydrogens (tertiary/aromatic N) is 1. The van der Waals surface area contributed by atoms with Crippen LogP contribution < -0.4 is 0 Å². The summed E-state index contributed by atoms with van der Waals surface area (Å²) in [6.07, 6.45) is 7.30. The number of ketones is 1. The molecule has 0 amide bonds. The topological polar surface area (TPSA) is 30.0 Å². The fourth-order valence-electron chi connectivity index (χ4n) is 1.70. The third kappa shape index (κ3) is 3.35. The van der Waals surface area contributed by atoms with Crippen molar-refractivity contribution in [1.82, 2.24) is 4.98 Å². The van der Waals surface area contributed by atoms with Gasteiger partial charge >= 0.3 is 0 Å². The minimum atomic E-state index is -0.200. The van der Waals surface area contributed by atoms with Gasteiger partial charge in [-0.2, -0.15) is 0 Å². The second-order valence-corrected chi connectivity index (χ2v) is 6.73. The fourth-order valence-corrected chi connectivity index (χ4v) is 2.74. The highest BCUT2D eigenvalue weighted by molar-refractivity contribution is 8.00. The number of hydrogen-bond donors (Lipinski definition) is 0. The molecular formula is C15H21NOS. The Morgan fingerprint density at radius 1 is 1.44 bits per heavy atom. The molecule has 0 radical (unpaired) electrons. The smallest absolute Gasteiger partial charge is 0.148 e. The number of hydrogen-bond acceptors (Lipinski definition) is 3. The number of pyridine rings is 1. The van der Waals surface area contributed by atoms with Crippen molar-refractivity contribution < 1.29 is 4.79 Å². The highest BCUT2D eigenvalue weighted by atomic mass is 32.2. The van der Waals surface area contributed by atoms with E-state index in [1.807, 2.05) is 26.2 Å². The zero-order chi connectivity index (χ0) is 13.2. The first kappa shape index (κ1) is 13.6. The van der Waals surface area contributed by atoms with Gasteiger partial charge in [0.1, 0.15) is 5.78 Å². The summed E-state index contributed by atoms with van der Waals surface area (Å²) in [6.45, 7) is 6.11. The molecule has 1 aromatic rings. The Kier molecular flexibility index (Phi) is 4.10. The first-order chi connectivity index (χ1) is 8.53. The van der Waals surface area contributed by atoms with Crippen LogP contribution in [0.3, 0.4) is 0 Å². The van der Waals surface area contributed by atoms with Gasteiger partial charge in [0, 0.05) is 22.7 Å². The van der Waals surface area contributed by atoms with E-state index in [9.17, 15) is 4.79 Å². The summed E-state index contributed by atoms with van der Waals surface area (Å²) >= 11 is 1.62. The van der Waals surface area contributed by atoms with Crippen LogP contribution in [0.4, 0.5) is 0 Å². The van der Waals surface area contributed by atoms with Crippen molar-refractivity contribution >= 4 is 17.5 Å². The van der Waals surface area contributed by atoms with Gasteiger partial charge in [-0.3, -0.25) is 9.78 Å². The third-order valence-electron chi connectivity index (χ3n) is 3.79. The molecule has 1 aliphatic rings. The summed E-state index contributed by atoms with van der Waals surface area (Å²) in [4.78, 5) is 17.5. The second kappa shape index (κ2) is 5.43. The van der Waals surface area contributed by atoms with E-state index in [4.69, 9.17) is 0 Å². The van der Waals surface area contributed by atoms with Gasteiger partial charge in [-0.15, -0.1) is 11.8 Å². The number of rotatable bonds is 6. The van der Waals surface area contributed by atoms with E-state index in [1.165, 1.54) is 18.4 Å². The van der Waals surface area contributed by atoms with Crippen LogP contribution in [0.1, 0.15) is 51.5 Å². The maximum Gasteiger partial charge on any atom is 0.148 e. The molecule has 0 atom stereocenters. The van der Waals surface area contributed by atoms with Crippen LogP contribution in [0.25, 0.3) is 0 Å². The molecule has 1 heterocycles. The Morgan fingerprint density at radius 3 is 2.78 bits per heavy atom. The molecule has 98 valence electrons. The summed E-state index contributed by atoms with van der Waals surface area (Å²) in [5.41, 5.74) is 1.14. The molecule has 0 saturated heterocycles. The van der Waals surface area contributed by atoms with E-state index in [2.05, 4.69) is 18.0 Å². The highest BCUT2D eigenvalue weighted by Gasteiger charge is 2.26. The number of thioether (sulfide) groups is 1. The molecule has 1 saturated carbocycles. The van der Waals surface area contributed by atoms with Gasteiger partial charge < -0.3 is 0 Å². The third-order valence-corrected chi connectivity index (χ3v) is 4.75. The van der Waals surface area contributed by atoms with E-state index in [1.54, 1.807) is 11.8 Å². The second-order valence-electron chi connectivity index (χ2n) is 5.68. The van der Waals surface area contributed by atoms with Gasteiger partial charge in [-0.1, -0.05) is 20.8 Å². The van der Waals surface area contributed by atoms with Crippen LogP contribution in [-0.4, -0.2) is 16.5 Å². The molecule has 1 aromatic heterocycles. The van der Waals surface area contributed by atoms with E-state index in [0.29, 0.717) is 11.5 Å². The largest absolute Gasteiger partial charge is 0.298 e. The summed E-state index contributed by atoms with van der Waals surface area (Å²) in [7, 11) is 0. The Bertz CT molecular complexity index is 438. The quantitative estimate of drug-likeness (QED) is 0.725. The first-order valence-corrected chi connectivity index (χ1v) is 7.62. The predicted molar refractivity (Wildman–Crippen MR) is 76.0 cm³/mol. The normalized spacial score (nSPS) is 15.7. The van der Waals surface area contributed by atoms with Gasteiger partial charge in [-0.25, -0.2) is 0 Å². The molecule has 1 aliphatic carbocycles. The molecule has 0 N–H and O–H groups in total. The fraction of sp³-hybridized carbons (Fsp3) is 0.600. The van der Waals surface area contributed by atoms with Crippen LogP contribution in [-0.2, 0) is 4.79 Å². The lowest BCUT2D eigenvalue weighted by molar-refractivity contribution is -0.124. The van der Waals surface area contributed by atoms with Crippen molar-refractivity contribution in [3.8, 4) is 0 Å². The predicted octanol–water partition coefficient (Wildman–Crippen LogP) is 4.06. The van der Waals surface area contributed by atoms with Crippen molar-refractivity contribution in [3.05, 3.63) is 24.0 Å². The number of Topliss-reactive ketones (excluding diaryl/α,β-unsaturated/α-hetero) is 1. The summed E-state index contributed by atoms with van der Waals surface area (Å²) in [6, 6.07) is 2.20. The van der Waals surface area contributed by atoms with Crippen LogP contribution in [0.2, 0.25) is 0 Å². The summed E-state index contributed by atoms with van der Waals surface area (Å²) < 4.78 is 0. The van der Waals surface area contributed by atoms with Crippen molar-refractivity contribution in [2.45, 2.75) is 50.8 Å². The minimum absolute atomic E-state index is 0.200. The van der Waals surface area contributed by atoms with Crippen LogP contribution in [0.15, 0.2) is 23.4 Å². The summed E-state index contributed by atoms with van der Waals surface area (Å²) in [5, 5.41) is 0. The van der Waals surface area contributed by atoms with Crippen molar-refractivity contribution in [2.24, 2.45) is 5.41 Å². The van der Waals surface area contributed by atoms with Crippen LogP contribution in [0, 0.1) is 5.41 Å². The van der Waals surface area contributed by atoms with E-state index in [0.717, 1.165) is 17.2 Å². The van der Waals surface area contributed by atoms with Gasteiger partial charge in [0.25, 0.3) is 0 Å². The van der Waals surface area contributed by atoms with Gasteiger partial charge in [0.2, 0.25) is 0 Å².